The molecule has 12 N–H and O–H groups in total. The van der Waals surface area contributed by atoms with Gasteiger partial charge < -0.3 is 89.9 Å². The lowest BCUT2D eigenvalue weighted by molar-refractivity contribution is -0.379. The topological polar surface area (TPSA) is 307 Å². The first-order valence-electron chi connectivity index (χ1n) is 47.4. The molecule has 0 aromatic rings. The molecule has 0 aromatic heterocycles. The van der Waals surface area contributed by atoms with Crippen LogP contribution in [0.4, 0.5) is 0 Å². The van der Waals surface area contributed by atoms with Crippen molar-refractivity contribution < 1.29 is 89.4 Å². The van der Waals surface area contributed by atoms with Gasteiger partial charge in [-0.2, -0.15) is 0 Å². The van der Waals surface area contributed by atoms with Crippen molar-refractivity contribution in [3.63, 3.8) is 0 Å². The standard InChI is InChI=1S/C92H177NO18/c1-3-5-7-9-11-13-15-17-19-21-23-25-27-29-31-32-33-34-35-36-37-38-39-40-41-42-43-44-46-48-50-52-54-56-58-60-62-64-66-68-70-80(98)93-75(76(97)69-67-65-63-61-59-57-55-53-51-49-47-45-30-28-26-24-22-20-18-16-14-12-10-8-6-4-2)74-106-90-86(104)83(101)88(78(72-95)108-90)111-92-87(105)84(102)89(79(73-96)109-92)110-91-85(103)82(100)81(99)77(71-94)107-91/h67,69,75-79,81-92,94-97,99-105H,3-66,68,70-74H2,1-2H3,(H,93,98)/b69-67+. The number of allylic oxidation sites excluding steroid dienone is 1. The maximum absolute atomic E-state index is 13.5. The Morgan fingerprint density at radius 3 is 0.847 bits per heavy atom. The predicted molar refractivity (Wildman–Crippen MR) is 448 cm³/mol. The lowest BCUT2D eigenvalue weighted by Crippen LogP contribution is -2.66. The zero-order valence-corrected chi connectivity index (χ0v) is 71.2. The van der Waals surface area contributed by atoms with Crippen molar-refractivity contribution in [1.82, 2.24) is 5.32 Å². The van der Waals surface area contributed by atoms with E-state index in [2.05, 4.69) is 19.2 Å². The highest BCUT2D eigenvalue weighted by atomic mass is 16.8. The van der Waals surface area contributed by atoms with E-state index in [9.17, 15) is 61.0 Å². The van der Waals surface area contributed by atoms with Crippen LogP contribution in [-0.4, -0.2) is 193 Å². The maximum Gasteiger partial charge on any atom is 0.220 e. The third-order valence-electron chi connectivity index (χ3n) is 24.1. The van der Waals surface area contributed by atoms with Gasteiger partial charge in [-0.05, 0) is 19.3 Å². The van der Waals surface area contributed by atoms with Gasteiger partial charge in [-0.1, -0.05) is 424 Å². The van der Waals surface area contributed by atoms with Gasteiger partial charge in [0.1, 0.15) is 73.2 Å². The monoisotopic (exact) mass is 1580 g/mol. The first kappa shape index (κ1) is 104. The molecule has 19 nitrogen and oxygen atoms in total. The van der Waals surface area contributed by atoms with Crippen molar-refractivity contribution in [2.24, 2.45) is 0 Å². The molecule has 111 heavy (non-hydrogen) atoms. The summed E-state index contributed by atoms with van der Waals surface area (Å²) >= 11 is 0. The van der Waals surface area contributed by atoms with E-state index in [0.29, 0.717) is 6.42 Å². The lowest BCUT2D eigenvalue weighted by Gasteiger charge is -2.48. The fourth-order valence-corrected chi connectivity index (χ4v) is 16.6. The normalized spacial score (nSPS) is 25.0. The highest BCUT2D eigenvalue weighted by molar-refractivity contribution is 5.76. The Morgan fingerprint density at radius 1 is 0.315 bits per heavy atom. The molecule has 0 saturated carbocycles. The smallest absolute Gasteiger partial charge is 0.220 e. The van der Waals surface area contributed by atoms with E-state index >= 15 is 0 Å². The molecule has 19 heteroatoms. The molecular formula is C92H177NO18. The zero-order valence-electron chi connectivity index (χ0n) is 71.2. The van der Waals surface area contributed by atoms with Crippen LogP contribution in [0.2, 0.25) is 0 Å². The molecule has 658 valence electrons. The average Bonchev–Trinajstić information content (AvgIpc) is 0.781. The minimum atomic E-state index is -1.98. The number of ether oxygens (including phenoxy) is 6. The Bertz CT molecular complexity index is 2040. The van der Waals surface area contributed by atoms with E-state index in [1.54, 1.807) is 6.08 Å². The van der Waals surface area contributed by atoms with Crippen LogP contribution >= 0.6 is 0 Å². The molecule has 17 atom stereocenters. The molecule has 0 bridgehead atoms. The molecule has 3 aliphatic rings. The molecule has 0 radical (unpaired) electrons. The summed E-state index contributed by atoms with van der Waals surface area (Å²) in [5.74, 6) is -0.264. The quantitative estimate of drug-likeness (QED) is 0.0199. The van der Waals surface area contributed by atoms with Gasteiger partial charge >= 0.3 is 0 Å². The van der Waals surface area contributed by atoms with Crippen LogP contribution in [0.5, 0.6) is 0 Å². The Balaban J connectivity index is 1.28. The van der Waals surface area contributed by atoms with Gasteiger partial charge in [0.25, 0.3) is 0 Å². The van der Waals surface area contributed by atoms with Gasteiger partial charge in [0, 0.05) is 6.42 Å². The molecule has 1 amide bonds. The number of hydrogen-bond donors (Lipinski definition) is 12. The molecule has 0 aliphatic carbocycles. The second kappa shape index (κ2) is 72.5. The van der Waals surface area contributed by atoms with Gasteiger partial charge in [-0.25, -0.2) is 0 Å². The van der Waals surface area contributed by atoms with Gasteiger partial charge in [-0.3, -0.25) is 4.79 Å². The molecule has 3 rings (SSSR count). The van der Waals surface area contributed by atoms with Crippen LogP contribution < -0.4 is 5.32 Å². The summed E-state index contributed by atoms with van der Waals surface area (Å²) in [5, 5.41) is 121. The highest BCUT2D eigenvalue weighted by Crippen LogP contribution is 2.34. The molecule has 3 heterocycles. The number of aliphatic hydroxyl groups excluding tert-OH is 11. The number of carbonyl (C=O) groups excluding carboxylic acids is 1. The number of amides is 1. The molecule has 0 spiro atoms. The Kier molecular flexibility index (Phi) is 67.8. The SMILES string of the molecule is CCCCCCCCCCCCCCCCCCCCCCCCCC/C=C/C(O)C(COC1OC(CO)C(OC2OC(CO)C(OC3OC(CO)C(O)C(O)C3O)C(O)C2O)C(O)C1O)NC(=O)CCCCCCCCCCCCCCCCCCCCCCCCCCCCCCCCCCCCCCCCCC. The molecule has 17 unspecified atom stereocenters. The minimum Gasteiger partial charge on any atom is -0.394 e. The van der Waals surface area contributed by atoms with Crippen LogP contribution in [0.15, 0.2) is 12.2 Å². The van der Waals surface area contributed by atoms with Crippen molar-refractivity contribution in [3.8, 4) is 0 Å². The van der Waals surface area contributed by atoms with Gasteiger partial charge in [0.2, 0.25) is 5.91 Å². The number of carbonyl (C=O) groups is 1. The summed E-state index contributed by atoms with van der Waals surface area (Å²) < 4.78 is 34.6. The summed E-state index contributed by atoms with van der Waals surface area (Å²) in [7, 11) is 0. The van der Waals surface area contributed by atoms with Gasteiger partial charge in [0.05, 0.1) is 38.6 Å². The van der Waals surface area contributed by atoms with Gasteiger partial charge in [0.15, 0.2) is 18.9 Å². The largest absolute Gasteiger partial charge is 0.394 e. The molecular weight excluding hydrogens is 1410 g/mol. The molecule has 3 aliphatic heterocycles. The van der Waals surface area contributed by atoms with Crippen LogP contribution in [0, 0.1) is 0 Å². The van der Waals surface area contributed by atoms with Crippen LogP contribution in [0.25, 0.3) is 0 Å². The van der Waals surface area contributed by atoms with Crippen molar-refractivity contribution in [2.45, 2.75) is 542 Å². The third-order valence-corrected chi connectivity index (χ3v) is 24.1. The Morgan fingerprint density at radius 2 is 0.559 bits per heavy atom. The highest BCUT2D eigenvalue weighted by Gasteiger charge is 2.54. The van der Waals surface area contributed by atoms with Crippen LogP contribution in [0.3, 0.4) is 0 Å². The van der Waals surface area contributed by atoms with Crippen molar-refractivity contribution in [1.29, 1.82) is 0 Å². The first-order chi connectivity index (χ1) is 54.3. The summed E-state index contributed by atoms with van der Waals surface area (Å²) in [5.41, 5.74) is 0. The van der Waals surface area contributed by atoms with Crippen molar-refractivity contribution in [2.75, 3.05) is 26.4 Å². The van der Waals surface area contributed by atoms with E-state index in [0.717, 1.165) is 44.9 Å². The number of hydrogen-bond acceptors (Lipinski definition) is 18. The van der Waals surface area contributed by atoms with E-state index in [4.69, 9.17) is 28.4 Å². The second-order valence-corrected chi connectivity index (χ2v) is 34.2. The fraction of sp³-hybridized carbons (Fsp3) is 0.967. The Labute approximate surface area is 677 Å². The van der Waals surface area contributed by atoms with Crippen molar-refractivity contribution >= 4 is 5.91 Å². The van der Waals surface area contributed by atoms with Crippen molar-refractivity contribution in [3.05, 3.63) is 12.2 Å². The zero-order chi connectivity index (χ0) is 80.3. The summed E-state index contributed by atoms with van der Waals surface area (Å²) in [4.78, 5) is 13.5. The lowest BCUT2D eigenvalue weighted by atomic mass is 9.96. The maximum atomic E-state index is 13.5. The van der Waals surface area contributed by atoms with Crippen LogP contribution in [0.1, 0.15) is 438 Å². The van der Waals surface area contributed by atoms with Gasteiger partial charge in [-0.15, -0.1) is 0 Å². The average molecular weight is 1590 g/mol. The number of aliphatic hydroxyl groups is 11. The first-order valence-corrected chi connectivity index (χ1v) is 47.4. The molecule has 3 saturated heterocycles. The number of unbranched alkanes of at least 4 members (excludes halogenated alkanes) is 63. The minimum absolute atomic E-state index is 0.251. The van der Waals surface area contributed by atoms with E-state index < -0.39 is 124 Å². The van der Waals surface area contributed by atoms with E-state index in [-0.39, 0.29) is 18.9 Å². The van der Waals surface area contributed by atoms with E-state index in [1.165, 1.54) is 366 Å². The fourth-order valence-electron chi connectivity index (χ4n) is 16.6. The molecule has 3 fully saturated rings. The second-order valence-electron chi connectivity index (χ2n) is 34.2. The molecule has 0 aromatic carbocycles. The summed E-state index contributed by atoms with van der Waals surface area (Å²) in [6, 6.07) is -0.971. The van der Waals surface area contributed by atoms with E-state index in [1.807, 2.05) is 6.08 Å². The number of rotatable bonds is 79. The number of nitrogens with one attached hydrogen (secondary N) is 1. The third kappa shape index (κ3) is 50.9. The predicted octanol–water partition coefficient (Wildman–Crippen LogP) is 18.6. The Hall–Kier alpha value is -1.47. The summed E-state index contributed by atoms with van der Waals surface area (Å²) in [6.45, 7) is 1.82. The van der Waals surface area contributed by atoms with Crippen LogP contribution in [-0.2, 0) is 33.2 Å². The summed E-state index contributed by atoms with van der Waals surface area (Å²) in [6.07, 6.45) is 63.9.